The zero-order valence-corrected chi connectivity index (χ0v) is 20.3. The van der Waals surface area contributed by atoms with Crippen LogP contribution in [0.4, 0.5) is 5.82 Å². The Morgan fingerprint density at radius 2 is 1.97 bits per heavy atom. The zero-order chi connectivity index (χ0) is 23.4. The third-order valence-corrected chi connectivity index (χ3v) is 7.08. The number of rotatable bonds is 6. The number of anilines is 1. The van der Waals surface area contributed by atoms with Crippen LogP contribution in [0.5, 0.6) is 0 Å². The summed E-state index contributed by atoms with van der Waals surface area (Å²) < 4.78 is 1.36. The lowest BCUT2D eigenvalue weighted by molar-refractivity contribution is -0.125. The van der Waals surface area contributed by atoms with Crippen molar-refractivity contribution in [1.82, 2.24) is 15.1 Å². The molecule has 2 aromatic carbocycles. The van der Waals surface area contributed by atoms with Crippen molar-refractivity contribution in [2.45, 2.75) is 31.2 Å². The van der Waals surface area contributed by atoms with Crippen LogP contribution in [0.2, 0.25) is 5.02 Å². The number of benzene rings is 2. The minimum Gasteiger partial charge on any atom is -0.354 e. The number of carbonyl (C=O) groups is 1. The van der Waals surface area contributed by atoms with Gasteiger partial charge in [0.2, 0.25) is 5.91 Å². The first-order valence-corrected chi connectivity index (χ1v) is 12.6. The molecule has 2 heterocycles. The molecule has 0 saturated carbocycles. The molecule has 33 heavy (non-hydrogen) atoms. The third-order valence-electron chi connectivity index (χ3n) is 5.93. The smallest absolute Gasteiger partial charge is 0.271 e. The number of thioether (sulfide) groups is 1. The number of nitrogens with zero attached hydrogens (tertiary/aromatic N) is 3. The summed E-state index contributed by atoms with van der Waals surface area (Å²) in [4.78, 5) is 28.6. The maximum atomic E-state index is 12.9. The Labute approximate surface area is 203 Å². The summed E-state index contributed by atoms with van der Waals surface area (Å²) in [5.74, 6) is 0.601. The van der Waals surface area contributed by atoms with E-state index in [0.29, 0.717) is 29.6 Å². The van der Waals surface area contributed by atoms with E-state index >= 15 is 0 Å². The average molecular weight is 483 g/mol. The van der Waals surface area contributed by atoms with E-state index in [9.17, 15) is 9.59 Å². The van der Waals surface area contributed by atoms with Gasteiger partial charge in [-0.2, -0.15) is 4.68 Å². The quantitative estimate of drug-likeness (QED) is 0.526. The molecule has 4 rings (SSSR count). The summed E-state index contributed by atoms with van der Waals surface area (Å²) in [6.45, 7) is 3.79. The second-order valence-electron chi connectivity index (χ2n) is 8.23. The fourth-order valence-corrected chi connectivity index (χ4v) is 4.53. The molecule has 1 aliphatic rings. The third kappa shape index (κ3) is 5.60. The van der Waals surface area contributed by atoms with E-state index in [0.717, 1.165) is 30.5 Å². The maximum Gasteiger partial charge on any atom is 0.271 e. The molecule has 1 N–H and O–H groups in total. The van der Waals surface area contributed by atoms with Gasteiger partial charge in [-0.05, 0) is 67.5 Å². The Balaban J connectivity index is 1.44. The van der Waals surface area contributed by atoms with Crippen molar-refractivity contribution in [3.63, 3.8) is 0 Å². The Hall–Kier alpha value is -2.77. The number of halogens is 1. The number of hydrogen-bond donors (Lipinski definition) is 1. The van der Waals surface area contributed by atoms with Gasteiger partial charge in [-0.25, -0.2) is 0 Å². The van der Waals surface area contributed by atoms with Crippen molar-refractivity contribution in [2.24, 2.45) is 5.92 Å². The molecule has 1 saturated heterocycles. The summed E-state index contributed by atoms with van der Waals surface area (Å²) >= 11 is 7.95. The summed E-state index contributed by atoms with van der Waals surface area (Å²) in [6, 6.07) is 16.9. The van der Waals surface area contributed by atoms with Crippen molar-refractivity contribution in [2.75, 3.05) is 24.2 Å². The lowest BCUT2D eigenvalue weighted by Crippen LogP contribution is -2.43. The molecular formula is C25H27ClN4O2S. The summed E-state index contributed by atoms with van der Waals surface area (Å²) in [5, 5.41) is 8.24. The van der Waals surface area contributed by atoms with Gasteiger partial charge in [0, 0.05) is 35.6 Å². The first-order valence-electron chi connectivity index (χ1n) is 11.0. The lowest BCUT2D eigenvalue weighted by Gasteiger charge is -2.33. The van der Waals surface area contributed by atoms with Crippen molar-refractivity contribution in [3.8, 4) is 5.69 Å². The van der Waals surface area contributed by atoms with Crippen LogP contribution in [0.3, 0.4) is 0 Å². The van der Waals surface area contributed by atoms with Crippen LogP contribution < -0.4 is 15.8 Å². The number of amides is 1. The largest absolute Gasteiger partial charge is 0.354 e. The molecule has 6 nitrogen and oxygen atoms in total. The molecule has 172 valence electrons. The molecule has 0 aliphatic carbocycles. The number of carbonyl (C=O) groups excluding carboxylic acids is 1. The SMILES string of the molecule is CSc1ccc(CNC(=O)[C@H]2CCCN(c3ccc(=O)n(-c4ccc(C)c(Cl)c4)n3)C2)cc1. The lowest BCUT2D eigenvalue weighted by atomic mass is 9.97. The van der Waals surface area contributed by atoms with Crippen molar-refractivity contribution >= 4 is 35.1 Å². The number of aryl methyl sites for hydroxylation is 1. The highest BCUT2D eigenvalue weighted by atomic mass is 35.5. The van der Waals surface area contributed by atoms with E-state index in [2.05, 4.69) is 27.4 Å². The molecule has 8 heteroatoms. The second-order valence-corrected chi connectivity index (χ2v) is 9.51. The molecule has 0 radical (unpaired) electrons. The predicted octanol–water partition coefficient (Wildman–Crippen LogP) is 4.45. The zero-order valence-electron chi connectivity index (χ0n) is 18.8. The normalized spacial score (nSPS) is 16.0. The summed E-state index contributed by atoms with van der Waals surface area (Å²) in [7, 11) is 0. The standard InChI is InChI=1S/C25H27ClN4O2S/c1-17-5-8-20(14-22(17)26)30-24(31)12-11-23(28-30)29-13-3-4-19(16-29)25(32)27-15-18-6-9-21(33-2)10-7-18/h5-12,14,19H,3-4,13,15-16H2,1-2H3,(H,27,32)/t19-/m0/s1. The van der Waals surface area contributed by atoms with Gasteiger partial charge in [0.15, 0.2) is 0 Å². The Morgan fingerprint density at radius 3 is 2.70 bits per heavy atom. The number of nitrogens with one attached hydrogen (secondary N) is 1. The highest BCUT2D eigenvalue weighted by Gasteiger charge is 2.27. The van der Waals surface area contributed by atoms with Gasteiger partial charge in [0.1, 0.15) is 5.82 Å². The number of piperidine rings is 1. The fourth-order valence-electron chi connectivity index (χ4n) is 3.94. The van der Waals surface area contributed by atoms with Crippen LogP contribution in [-0.4, -0.2) is 35.0 Å². The van der Waals surface area contributed by atoms with Crippen LogP contribution in [0.25, 0.3) is 5.69 Å². The van der Waals surface area contributed by atoms with Crippen molar-refractivity contribution < 1.29 is 4.79 Å². The summed E-state index contributed by atoms with van der Waals surface area (Å²) in [6.07, 6.45) is 3.76. The van der Waals surface area contributed by atoms with Crippen molar-refractivity contribution in [1.29, 1.82) is 0 Å². The van der Waals surface area contributed by atoms with E-state index in [1.54, 1.807) is 23.9 Å². The molecule has 1 aliphatic heterocycles. The first kappa shape index (κ1) is 23.4. The molecule has 0 spiro atoms. The van der Waals surface area contributed by atoms with E-state index in [4.69, 9.17) is 11.6 Å². The number of aromatic nitrogens is 2. The molecule has 1 fully saturated rings. The van der Waals surface area contributed by atoms with E-state index in [-0.39, 0.29) is 17.4 Å². The van der Waals surface area contributed by atoms with Gasteiger partial charge < -0.3 is 10.2 Å². The van der Waals surface area contributed by atoms with E-state index < -0.39 is 0 Å². The number of hydrogen-bond acceptors (Lipinski definition) is 5. The van der Waals surface area contributed by atoms with Crippen LogP contribution >= 0.6 is 23.4 Å². The monoisotopic (exact) mass is 482 g/mol. The maximum absolute atomic E-state index is 12.9. The van der Waals surface area contributed by atoms with Crippen LogP contribution in [0.1, 0.15) is 24.0 Å². The van der Waals surface area contributed by atoms with Gasteiger partial charge in [-0.3, -0.25) is 9.59 Å². The van der Waals surface area contributed by atoms with Gasteiger partial charge in [0.25, 0.3) is 5.56 Å². The predicted molar refractivity (Wildman–Crippen MR) is 135 cm³/mol. The highest BCUT2D eigenvalue weighted by Crippen LogP contribution is 2.23. The molecular weight excluding hydrogens is 456 g/mol. The van der Waals surface area contributed by atoms with E-state index in [1.165, 1.54) is 15.6 Å². The van der Waals surface area contributed by atoms with Crippen LogP contribution in [-0.2, 0) is 11.3 Å². The van der Waals surface area contributed by atoms with Gasteiger partial charge >= 0.3 is 0 Å². The highest BCUT2D eigenvalue weighted by molar-refractivity contribution is 7.98. The molecule has 0 unspecified atom stereocenters. The Kier molecular flexibility index (Phi) is 7.40. The molecule has 0 bridgehead atoms. The van der Waals surface area contributed by atoms with Gasteiger partial charge in [-0.15, -0.1) is 16.9 Å². The molecule has 1 amide bonds. The average Bonchev–Trinajstić information content (AvgIpc) is 2.85. The fraction of sp³-hybridized carbons (Fsp3) is 0.320. The minimum absolute atomic E-state index is 0.0484. The first-order chi connectivity index (χ1) is 15.9. The van der Waals surface area contributed by atoms with Crippen LogP contribution in [0.15, 0.2) is 64.3 Å². The van der Waals surface area contributed by atoms with Gasteiger partial charge in [0.05, 0.1) is 11.6 Å². The van der Waals surface area contributed by atoms with Gasteiger partial charge in [-0.1, -0.05) is 29.8 Å². The Bertz CT molecular complexity index is 1200. The van der Waals surface area contributed by atoms with Crippen molar-refractivity contribution in [3.05, 3.63) is 81.1 Å². The van der Waals surface area contributed by atoms with Crippen LogP contribution in [0, 0.1) is 12.8 Å². The second kappa shape index (κ2) is 10.4. The Morgan fingerprint density at radius 1 is 1.18 bits per heavy atom. The molecule has 1 atom stereocenters. The summed E-state index contributed by atoms with van der Waals surface area (Å²) in [5.41, 5.74) is 2.42. The topological polar surface area (TPSA) is 67.2 Å². The molecule has 3 aromatic rings. The van der Waals surface area contributed by atoms with E-state index in [1.807, 2.05) is 37.4 Å². The minimum atomic E-state index is -0.225. The molecule has 1 aromatic heterocycles.